The number of hydrogen-bond donors (Lipinski definition) is 3. The Morgan fingerprint density at radius 3 is 2.71 bits per heavy atom. The number of hydrogen-bond acceptors (Lipinski definition) is 7. The first kappa shape index (κ1) is 19.7. The Hall–Kier alpha value is -3.30. The second kappa shape index (κ2) is 6.86. The number of thioether (sulfide) groups is 1. The van der Waals surface area contributed by atoms with Gasteiger partial charge in [-0.15, -0.1) is 0 Å². The summed E-state index contributed by atoms with van der Waals surface area (Å²) in [7, 11) is 0. The van der Waals surface area contributed by atoms with Gasteiger partial charge in [0.1, 0.15) is 16.2 Å². The van der Waals surface area contributed by atoms with Gasteiger partial charge >= 0.3 is 0 Å². The maximum atomic E-state index is 12.8. The van der Waals surface area contributed by atoms with Crippen LogP contribution >= 0.6 is 11.8 Å². The lowest BCUT2D eigenvalue weighted by Crippen LogP contribution is -2.57. The average Bonchev–Trinajstić information content (AvgIpc) is 3.18. The Kier molecular flexibility index (Phi) is 4.35. The van der Waals surface area contributed by atoms with Gasteiger partial charge in [0, 0.05) is 18.3 Å². The molecule has 0 aliphatic carbocycles. The van der Waals surface area contributed by atoms with Crippen molar-refractivity contribution in [3.8, 4) is 5.75 Å². The summed E-state index contributed by atoms with van der Waals surface area (Å²) in [6.45, 7) is 1.03. The molecule has 0 radical (unpaired) electrons. The minimum absolute atomic E-state index is 0.0643. The van der Waals surface area contributed by atoms with Crippen LogP contribution in [0.5, 0.6) is 5.75 Å². The molecule has 0 aromatic heterocycles. The lowest BCUT2D eigenvalue weighted by atomic mass is 9.88. The molecule has 158 valence electrons. The number of rotatable bonds is 6. The van der Waals surface area contributed by atoms with Gasteiger partial charge < -0.3 is 20.6 Å². The van der Waals surface area contributed by atoms with Crippen LogP contribution in [-0.4, -0.2) is 46.2 Å². The van der Waals surface area contributed by atoms with E-state index in [4.69, 9.17) is 5.73 Å². The second-order valence-corrected chi connectivity index (χ2v) is 9.14. The first-order valence-electron chi connectivity index (χ1n) is 9.74. The summed E-state index contributed by atoms with van der Waals surface area (Å²) in [5.74, 6) is -0.902. The van der Waals surface area contributed by atoms with Gasteiger partial charge in [0.25, 0.3) is 11.8 Å². The molecule has 2 atom stereocenters. The van der Waals surface area contributed by atoms with Crippen molar-refractivity contribution in [2.75, 3.05) is 13.1 Å². The SMILES string of the molecule is NC(CN1Cc2cc(O)ccc2C1=O)(C(=O)NC=O)c1ccc(C23CN2C=CS3)cc1. The third-order valence-electron chi connectivity index (χ3n) is 6.10. The van der Waals surface area contributed by atoms with Crippen LogP contribution in [0.3, 0.4) is 0 Å². The fraction of sp³-hybridized carbons (Fsp3) is 0.227. The summed E-state index contributed by atoms with van der Waals surface area (Å²) in [5, 5.41) is 13.9. The Balaban J connectivity index is 1.44. The Morgan fingerprint density at radius 1 is 1.29 bits per heavy atom. The molecule has 3 amide bonds. The van der Waals surface area contributed by atoms with Crippen molar-refractivity contribution >= 4 is 30.0 Å². The predicted octanol–water partition coefficient (Wildman–Crippen LogP) is 1.16. The Bertz CT molecular complexity index is 1130. The lowest BCUT2D eigenvalue weighted by Gasteiger charge is -2.32. The summed E-state index contributed by atoms with van der Waals surface area (Å²) < 4.78 is 0. The molecule has 3 aliphatic rings. The van der Waals surface area contributed by atoms with E-state index in [0.717, 1.165) is 12.1 Å². The smallest absolute Gasteiger partial charge is 0.254 e. The standard InChI is InChI=1S/C22H20N4O4S/c23-21(20(30)24-13-27,11-25-10-14-9-17(28)5-6-18(14)19(25)29)15-1-3-16(4-2-15)22-12-26(22)7-8-31-22/h1-9,13,28H,10-12,23H2,(H,24,27,30). The first-order chi connectivity index (χ1) is 14.9. The number of nitrogens with zero attached hydrogens (tertiary/aromatic N) is 2. The highest BCUT2D eigenvalue weighted by Gasteiger charge is 2.54. The Morgan fingerprint density at radius 2 is 2.06 bits per heavy atom. The van der Waals surface area contributed by atoms with Crippen LogP contribution in [0.2, 0.25) is 0 Å². The van der Waals surface area contributed by atoms with Crippen molar-refractivity contribution in [2.24, 2.45) is 5.73 Å². The van der Waals surface area contributed by atoms with E-state index in [1.165, 1.54) is 17.0 Å². The largest absolute Gasteiger partial charge is 0.508 e. The number of nitrogens with one attached hydrogen (secondary N) is 1. The van der Waals surface area contributed by atoms with Crippen LogP contribution in [0, 0.1) is 0 Å². The molecule has 0 bridgehead atoms. The number of benzene rings is 2. The zero-order valence-corrected chi connectivity index (χ0v) is 17.3. The maximum absolute atomic E-state index is 12.8. The quantitative estimate of drug-likeness (QED) is 0.460. The summed E-state index contributed by atoms with van der Waals surface area (Å²) in [6, 6.07) is 12.0. The monoisotopic (exact) mass is 436 g/mol. The third kappa shape index (κ3) is 3.00. The van der Waals surface area contributed by atoms with E-state index in [2.05, 4.69) is 21.8 Å². The van der Waals surface area contributed by atoms with Gasteiger partial charge in [-0.1, -0.05) is 36.0 Å². The maximum Gasteiger partial charge on any atom is 0.254 e. The highest BCUT2D eigenvalue weighted by molar-refractivity contribution is 8.03. The van der Waals surface area contributed by atoms with Crippen molar-refractivity contribution in [2.45, 2.75) is 17.0 Å². The molecule has 0 saturated carbocycles. The van der Waals surface area contributed by atoms with E-state index in [0.29, 0.717) is 23.1 Å². The van der Waals surface area contributed by atoms with Gasteiger partial charge in [-0.2, -0.15) is 0 Å². The third-order valence-corrected chi connectivity index (χ3v) is 7.35. The van der Waals surface area contributed by atoms with Crippen LogP contribution in [0.25, 0.3) is 0 Å². The van der Waals surface area contributed by atoms with Gasteiger partial charge in [-0.25, -0.2) is 0 Å². The normalized spacial score (nSPS) is 22.7. The minimum atomic E-state index is -1.62. The fourth-order valence-corrected chi connectivity index (χ4v) is 5.43. The van der Waals surface area contributed by atoms with Gasteiger partial charge in [-0.3, -0.25) is 19.7 Å². The van der Waals surface area contributed by atoms with E-state index in [9.17, 15) is 19.5 Å². The number of phenolic OH excluding ortho intramolecular Hbond substituents is 1. The summed E-state index contributed by atoms with van der Waals surface area (Å²) in [4.78, 5) is 40.3. The molecule has 1 fully saturated rings. The average molecular weight is 436 g/mol. The number of phenols is 1. The summed E-state index contributed by atoms with van der Waals surface area (Å²) >= 11 is 1.74. The summed E-state index contributed by atoms with van der Waals surface area (Å²) in [5.41, 5.74) is 7.67. The molecule has 3 aliphatic heterocycles. The number of amides is 3. The van der Waals surface area contributed by atoms with Crippen LogP contribution in [-0.2, 0) is 26.5 Å². The number of carbonyl (C=O) groups excluding carboxylic acids is 3. The van der Waals surface area contributed by atoms with E-state index in [1.807, 2.05) is 12.1 Å². The van der Waals surface area contributed by atoms with Crippen molar-refractivity contribution < 1.29 is 19.5 Å². The molecule has 2 aromatic carbocycles. The zero-order chi connectivity index (χ0) is 21.8. The molecule has 3 heterocycles. The Labute approximate surface area is 182 Å². The van der Waals surface area contributed by atoms with E-state index < -0.39 is 11.4 Å². The minimum Gasteiger partial charge on any atom is -0.508 e. The predicted molar refractivity (Wildman–Crippen MR) is 114 cm³/mol. The highest BCUT2D eigenvalue weighted by Crippen LogP contribution is 2.56. The van der Waals surface area contributed by atoms with Crippen LogP contribution in [0.4, 0.5) is 0 Å². The molecule has 31 heavy (non-hydrogen) atoms. The number of carbonyl (C=O) groups is 3. The fourth-order valence-electron chi connectivity index (χ4n) is 4.32. The molecule has 5 rings (SSSR count). The molecule has 1 saturated heterocycles. The van der Waals surface area contributed by atoms with E-state index in [1.54, 1.807) is 30.0 Å². The van der Waals surface area contributed by atoms with Crippen molar-refractivity contribution in [1.29, 1.82) is 0 Å². The van der Waals surface area contributed by atoms with Crippen molar-refractivity contribution in [1.82, 2.24) is 15.1 Å². The molecule has 2 unspecified atom stereocenters. The molecule has 0 spiro atoms. The topological polar surface area (TPSA) is 116 Å². The van der Waals surface area contributed by atoms with Crippen LogP contribution < -0.4 is 11.1 Å². The van der Waals surface area contributed by atoms with E-state index in [-0.39, 0.29) is 29.6 Å². The first-order valence-corrected chi connectivity index (χ1v) is 10.6. The van der Waals surface area contributed by atoms with Crippen molar-refractivity contribution in [3.05, 3.63) is 76.3 Å². The molecule has 2 aromatic rings. The number of imide groups is 1. The zero-order valence-electron chi connectivity index (χ0n) is 16.4. The second-order valence-electron chi connectivity index (χ2n) is 7.96. The molecule has 9 heteroatoms. The van der Waals surface area contributed by atoms with Gasteiger partial charge in [0.15, 0.2) is 0 Å². The number of nitrogens with two attached hydrogens (primary N) is 1. The highest BCUT2D eigenvalue weighted by atomic mass is 32.2. The van der Waals surface area contributed by atoms with Crippen LogP contribution in [0.1, 0.15) is 27.0 Å². The number of fused-ring (bicyclic) bond motifs is 2. The molecular formula is C22H20N4O4S. The van der Waals surface area contributed by atoms with Crippen LogP contribution in [0.15, 0.2) is 54.1 Å². The molecule has 8 nitrogen and oxygen atoms in total. The number of aromatic hydroxyl groups is 1. The van der Waals surface area contributed by atoms with Gasteiger partial charge in [-0.05, 0) is 40.3 Å². The van der Waals surface area contributed by atoms with Gasteiger partial charge in [0.05, 0.1) is 13.1 Å². The molecular weight excluding hydrogens is 416 g/mol. The van der Waals surface area contributed by atoms with E-state index >= 15 is 0 Å². The summed E-state index contributed by atoms with van der Waals surface area (Å²) in [6.07, 6.45) is 2.34. The molecule has 4 N–H and O–H groups in total. The van der Waals surface area contributed by atoms with Gasteiger partial charge in [0.2, 0.25) is 6.41 Å². The van der Waals surface area contributed by atoms with Crippen molar-refractivity contribution in [3.63, 3.8) is 0 Å². The lowest BCUT2D eigenvalue weighted by molar-refractivity contribution is -0.130.